The van der Waals surface area contributed by atoms with Crippen LogP contribution in [0.2, 0.25) is 0 Å². The molecule has 1 aliphatic rings. The average Bonchev–Trinajstić information content (AvgIpc) is 3.04. The molecule has 1 fully saturated rings. The predicted octanol–water partition coefficient (Wildman–Crippen LogP) is 8.72. The minimum Gasteiger partial charge on any atom is -0.443 e. The number of nitrogens with zero attached hydrogens (tertiary/aromatic N) is 4. The Bertz CT molecular complexity index is 1650. The molecule has 274 valence electrons. The molecule has 11 heteroatoms. The molecular formula is C40H52N4O7. The van der Waals surface area contributed by atoms with E-state index in [9.17, 15) is 19.2 Å². The molecule has 0 spiro atoms. The summed E-state index contributed by atoms with van der Waals surface area (Å²) in [6.07, 6.45) is 2.79. The highest BCUT2D eigenvalue weighted by atomic mass is 16.6. The first kappa shape index (κ1) is 38.9. The molecule has 4 rings (SSSR count). The minimum absolute atomic E-state index is 0.00750. The SMILES string of the molecule is CC(C)(C)OC(=O)N(Cc1cccc(C2CCN(C(=O)c3cccc(N(Cc4cccnc4)C(=O)OC(C)(C)C)c3)CC2)c1)C(=O)OC(C)(C)C. The Kier molecular flexibility index (Phi) is 12.2. The Morgan fingerprint density at radius 1 is 0.706 bits per heavy atom. The summed E-state index contributed by atoms with van der Waals surface area (Å²) in [5, 5.41) is 0. The monoisotopic (exact) mass is 700 g/mol. The topological polar surface area (TPSA) is 119 Å². The van der Waals surface area contributed by atoms with Gasteiger partial charge in [0.25, 0.3) is 5.91 Å². The molecule has 0 saturated carbocycles. The van der Waals surface area contributed by atoms with Crippen LogP contribution < -0.4 is 4.90 Å². The minimum atomic E-state index is -0.788. The second-order valence-corrected chi connectivity index (χ2v) is 15.8. The van der Waals surface area contributed by atoms with Gasteiger partial charge >= 0.3 is 18.3 Å². The van der Waals surface area contributed by atoms with Gasteiger partial charge in [0, 0.05) is 36.7 Å². The number of imide groups is 1. The van der Waals surface area contributed by atoms with E-state index in [1.807, 2.05) is 62.1 Å². The molecule has 0 N–H and O–H groups in total. The highest BCUT2D eigenvalue weighted by Gasteiger charge is 2.32. The predicted molar refractivity (Wildman–Crippen MR) is 195 cm³/mol. The Labute approximate surface area is 301 Å². The van der Waals surface area contributed by atoms with Crippen molar-refractivity contribution in [2.75, 3.05) is 18.0 Å². The highest BCUT2D eigenvalue weighted by Crippen LogP contribution is 2.31. The lowest BCUT2D eigenvalue weighted by Gasteiger charge is -2.33. The number of pyridine rings is 1. The first-order valence-corrected chi connectivity index (χ1v) is 17.4. The summed E-state index contributed by atoms with van der Waals surface area (Å²) in [7, 11) is 0. The van der Waals surface area contributed by atoms with Gasteiger partial charge in [0.15, 0.2) is 0 Å². The van der Waals surface area contributed by atoms with Crippen LogP contribution in [0.15, 0.2) is 73.1 Å². The summed E-state index contributed by atoms with van der Waals surface area (Å²) in [4.78, 5) is 61.7. The molecule has 51 heavy (non-hydrogen) atoms. The Balaban J connectivity index is 1.46. The number of likely N-dealkylation sites (tertiary alicyclic amines) is 1. The zero-order valence-electron chi connectivity index (χ0n) is 31.4. The summed E-state index contributed by atoms with van der Waals surface area (Å²) >= 11 is 0. The number of anilines is 1. The lowest BCUT2D eigenvalue weighted by Crippen LogP contribution is -2.43. The van der Waals surface area contributed by atoms with Gasteiger partial charge in [0.05, 0.1) is 13.1 Å². The van der Waals surface area contributed by atoms with Crippen LogP contribution in [0, 0.1) is 0 Å². The maximum atomic E-state index is 13.8. The van der Waals surface area contributed by atoms with E-state index in [1.165, 1.54) is 4.90 Å². The van der Waals surface area contributed by atoms with Crippen LogP contribution in [0.1, 0.15) is 108 Å². The van der Waals surface area contributed by atoms with E-state index < -0.39 is 35.1 Å². The largest absolute Gasteiger partial charge is 0.443 e. The van der Waals surface area contributed by atoms with E-state index in [1.54, 1.807) is 78.2 Å². The highest BCUT2D eigenvalue weighted by molar-refractivity contribution is 5.97. The molecule has 0 radical (unpaired) electrons. The number of rotatable bonds is 7. The fourth-order valence-corrected chi connectivity index (χ4v) is 5.62. The molecule has 4 amide bonds. The maximum absolute atomic E-state index is 13.8. The van der Waals surface area contributed by atoms with Gasteiger partial charge in [-0.25, -0.2) is 19.3 Å². The van der Waals surface area contributed by atoms with E-state index in [2.05, 4.69) is 4.98 Å². The van der Waals surface area contributed by atoms with Crippen LogP contribution in [0.4, 0.5) is 20.1 Å². The Hall–Kier alpha value is -4.93. The molecule has 0 aliphatic carbocycles. The summed E-state index contributed by atoms with van der Waals surface area (Å²) in [5.74, 6) is 0.0684. The number of carbonyl (C=O) groups is 4. The second-order valence-electron chi connectivity index (χ2n) is 15.8. The number of hydrogen-bond donors (Lipinski definition) is 0. The van der Waals surface area contributed by atoms with Crippen LogP contribution in [0.5, 0.6) is 0 Å². The molecule has 2 heterocycles. The average molecular weight is 701 g/mol. The van der Waals surface area contributed by atoms with Crippen LogP contribution in [0.25, 0.3) is 0 Å². The van der Waals surface area contributed by atoms with Crippen LogP contribution >= 0.6 is 0 Å². The van der Waals surface area contributed by atoms with Gasteiger partial charge in [-0.3, -0.25) is 14.7 Å². The lowest BCUT2D eigenvalue weighted by molar-refractivity contribution is -0.000316. The summed E-state index contributed by atoms with van der Waals surface area (Å²) in [6.45, 7) is 17.2. The quantitative estimate of drug-likeness (QED) is 0.225. The normalized spacial score (nSPS) is 14.0. The van der Waals surface area contributed by atoms with E-state index >= 15 is 0 Å². The molecule has 0 atom stereocenters. The fraction of sp³-hybridized carbons (Fsp3) is 0.475. The van der Waals surface area contributed by atoms with E-state index in [0.717, 1.165) is 34.4 Å². The summed E-state index contributed by atoms with van der Waals surface area (Å²) in [6, 6.07) is 18.6. The van der Waals surface area contributed by atoms with Crippen molar-refractivity contribution in [2.45, 2.75) is 111 Å². The number of amides is 4. The molecule has 1 aliphatic heterocycles. The van der Waals surface area contributed by atoms with Crippen molar-refractivity contribution in [1.29, 1.82) is 0 Å². The van der Waals surface area contributed by atoms with Crippen molar-refractivity contribution < 1.29 is 33.4 Å². The van der Waals surface area contributed by atoms with E-state index in [0.29, 0.717) is 24.3 Å². The van der Waals surface area contributed by atoms with Crippen molar-refractivity contribution in [2.24, 2.45) is 0 Å². The van der Waals surface area contributed by atoms with Crippen LogP contribution in [0.3, 0.4) is 0 Å². The smallest absolute Gasteiger partial charge is 0.420 e. The summed E-state index contributed by atoms with van der Waals surface area (Å²) in [5.41, 5.74) is 1.42. The number of carbonyl (C=O) groups excluding carboxylic acids is 4. The van der Waals surface area contributed by atoms with Crippen LogP contribution in [-0.2, 0) is 27.3 Å². The van der Waals surface area contributed by atoms with Crippen molar-refractivity contribution in [3.63, 3.8) is 0 Å². The number of aromatic nitrogens is 1. The van der Waals surface area contributed by atoms with Gasteiger partial charge in [0.1, 0.15) is 16.8 Å². The number of hydrogen-bond acceptors (Lipinski definition) is 8. The molecule has 1 saturated heterocycles. The first-order chi connectivity index (χ1) is 23.8. The van der Waals surface area contributed by atoms with Crippen molar-refractivity contribution in [3.8, 4) is 0 Å². The van der Waals surface area contributed by atoms with Gasteiger partial charge < -0.3 is 19.1 Å². The zero-order valence-corrected chi connectivity index (χ0v) is 31.4. The number of benzene rings is 2. The Morgan fingerprint density at radius 3 is 1.84 bits per heavy atom. The Morgan fingerprint density at radius 2 is 1.27 bits per heavy atom. The standard InChI is InChI=1S/C40H52N4O7/c1-38(2,3)49-35(46)43(27-29-14-12-20-41-25-29)33-17-11-16-32(24-33)34(45)42-21-18-30(19-22-42)31-15-10-13-28(23-31)26-44(36(47)50-39(4,5)6)37(48)51-40(7,8)9/h10-17,20,23-25,30H,18-19,21-22,26-27H2,1-9H3. The second kappa shape index (κ2) is 16.0. The third-order valence-corrected chi connectivity index (χ3v) is 7.86. The third-order valence-electron chi connectivity index (χ3n) is 7.86. The van der Waals surface area contributed by atoms with Gasteiger partial charge in [0.2, 0.25) is 0 Å². The zero-order chi connectivity index (χ0) is 37.6. The molecule has 3 aromatic rings. The fourth-order valence-electron chi connectivity index (χ4n) is 5.62. The van der Waals surface area contributed by atoms with Crippen molar-refractivity contribution in [1.82, 2.24) is 14.8 Å². The van der Waals surface area contributed by atoms with Crippen LogP contribution in [-0.4, -0.2) is 68.9 Å². The van der Waals surface area contributed by atoms with Gasteiger partial charge in [-0.1, -0.05) is 36.4 Å². The van der Waals surface area contributed by atoms with Gasteiger partial charge in [-0.05, 0) is 122 Å². The molecular weight excluding hydrogens is 648 g/mol. The molecule has 1 aromatic heterocycles. The number of piperidine rings is 1. The maximum Gasteiger partial charge on any atom is 0.420 e. The first-order valence-electron chi connectivity index (χ1n) is 17.4. The third kappa shape index (κ3) is 11.8. The molecule has 0 unspecified atom stereocenters. The summed E-state index contributed by atoms with van der Waals surface area (Å²) < 4.78 is 16.8. The van der Waals surface area contributed by atoms with Crippen molar-refractivity contribution in [3.05, 3.63) is 95.3 Å². The van der Waals surface area contributed by atoms with Crippen molar-refractivity contribution >= 4 is 29.9 Å². The molecule has 2 aromatic carbocycles. The van der Waals surface area contributed by atoms with E-state index in [-0.39, 0.29) is 24.9 Å². The van der Waals surface area contributed by atoms with Gasteiger partial charge in [-0.15, -0.1) is 0 Å². The lowest BCUT2D eigenvalue weighted by atomic mass is 9.88. The molecule has 11 nitrogen and oxygen atoms in total. The molecule has 0 bridgehead atoms. The van der Waals surface area contributed by atoms with Gasteiger partial charge in [-0.2, -0.15) is 0 Å². The number of ether oxygens (including phenoxy) is 3. The van der Waals surface area contributed by atoms with E-state index in [4.69, 9.17) is 14.2 Å².